The third-order valence-corrected chi connectivity index (χ3v) is 6.32. The Labute approximate surface area is 154 Å². The van der Waals surface area contributed by atoms with E-state index < -0.39 is 0 Å². The van der Waals surface area contributed by atoms with E-state index in [1.54, 1.807) is 4.68 Å². The van der Waals surface area contributed by atoms with E-state index in [-0.39, 0.29) is 17.9 Å². The molecule has 4 rings (SSSR count). The molecule has 0 aromatic carbocycles. The molecule has 26 heavy (non-hydrogen) atoms. The summed E-state index contributed by atoms with van der Waals surface area (Å²) < 4.78 is 1.79. The monoisotopic (exact) mass is 359 g/mol. The van der Waals surface area contributed by atoms with Gasteiger partial charge in [0.05, 0.1) is 5.69 Å². The quantitative estimate of drug-likeness (QED) is 0.861. The molecule has 3 heterocycles. The van der Waals surface area contributed by atoms with Gasteiger partial charge in [-0.15, -0.1) is 0 Å². The molecular weight excluding hydrogens is 330 g/mol. The number of aromatic nitrogens is 2. The highest BCUT2D eigenvalue weighted by molar-refractivity contribution is 5.94. The van der Waals surface area contributed by atoms with Crippen LogP contribution in [0.1, 0.15) is 53.8 Å². The Hall–Kier alpha value is -1.89. The largest absolute Gasteiger partial charge is 0.338 e. The van der Waals surface area contributed by atoms with Gasteiger partial charge in [0.2, 0.25) is 5.91 Å². The molecule has 1 aromatic rings. The van der Waals surface area contributed by atoms with Gasteiger partial charge in [-0.05, 0) is 44.4 Å². The van der Waals surface area contributed by atoms with E-state index in [0.717, 1.165) is 62.0 Å². The van der Waals surface area contributed by atoms with Gasteiger partial charge in [0.1, 0.15) is 5.69 Å². The lowest BCUT2D eigenvalue weighted by molar-refractivity contribution is -0.140. The second-order valence-electron chi connectivity index (χ2n) is 7.89. The number of nitrogens with two attached hydrogens (primary N) is 1. The molecule has 2 amide bonds. The van der Waals surface area contributed by atoms with Gasteiger partial charge in [0, 0.05) is 51.3 Å². The lowest BCUT2D eigenvalue weighted by atomic mass is 9.83. The highest BCUT2D eigenvalue weighted by Gasteiger charge is 2.41. The number of nitrogens with zero attached hydrogens (tertiary/aromatic N) is 4. The fourth-order valence-corrected chi connectivity index (χ4v) is 5.06. The van der Waals surface area contributed by atoms with Gasteiger partial charge in [-0.3, -0.25) is 14.3 Å². The van der Waals surface area contributed by atoms with Crippen molar-refractivity contribution in [1.82, 2.24) is 19.6 Å². The van der Waals surface area contributed by atoms with Crippen molar-refractivity contribution in [2.45, 2.75) is 51.0 Å². The summed E-state index contributed by atoms with van der Waals surface area (Å²) in [4.78, 5) is 29.4. The van der Waals surface area contributed by atoms with E-state index in [1.807, 2.05) is 16.8 Å². The third kappa shape index (κ3) is 2.92. The standard InChI is InChI=1S/C19H29N5O2/c1-22-18(14-4-2-3-5-15(14)21-22)19(26)23-10-8-16-13(12-23)6-7-17(25)24(16)11-9-20/h13,16H,2-12,20H2,1H3. The molecule has 1 aliphatic carbocycles. The molecule has 2 fully saturated rings. The van der Waals surface area contributed by atoms with Crippen LogP contribution in [0, 0.1) is 5.92 Å². The zero-order valence-electron chi connectivity index (χ0n) is 15.6. The summed E-state index contributed by atoms with van der Waals surface area (Å²) in [5.74, 6) is 0.696. The van der Waals surface area contributed by atoms with Gasteiger partial charge in [-0.1, -0.05) is 0 Å². The highest BCUT2D eigenvalue weighted by atomic mass is 16.2. The van der Waals surface area contributed by atoms with Crippen molar-refractivity contribution >= 4 is 11.8 Å². The molecule has 2 saturated heterocycles. The fraction of sp³-hybridized carbons (Fsp3) is 0.737. The van der Waals surface area contributed by atoms with Gasteiger partial charge in [-0.2, -0.15) is 5.10 Å². The molecular formula is C19H29N5O2. The van der Waals surface area contributed by atoms with E-state index in [9.17, 15) is 9.59 Å². The summed E-state index contributed by atoms with van der Waals surface area (Å²) in [6, 6.07) is 0.240. The van der Waals surface area contributed by atoms with E-state index in [2.05, 4.69) is 5.10 Å². The van der Waals surface area contributed by atoms with E-state index in [1.165, 1.54) is 0 Å². The highest BCUT2D eigenvalue weighted by Crippen LogP contribution is 2.32. The van der Waals surface area contributed by atoms with Crippen LogP contribution in [0.25, 0.3) is 0 Å². The first-order valence-electron chi connectivity index (χ1n) is 9.93. The molecule has 2 N–H and O–H groups in total. The number of fused-ring (bicyclic) bond motifs is 2. The molecule has 0 saturated carbocycles. The molecule has 2 aliphatic heterocycles. The van der Waals surface area contributed by atoms with Crippen LogP contribution in [-0.4, -0.2) is 63.6 Å². The Morgan fingerprint density at radius 1 is 1.23 bits per heavy atom. The van der Waals surface area contributed by atoms with Gasteiger partial charge in [-0.25, -0.2) is 0 Å². The minimum Gasteiger partial charge on any atom is -0.338 e. The first-order chi connectivity index (χ1) is 12.6. The van der Waals surface area contributed by atoms with Crippen molar-refractivity contribution in [2.75, 3.05) is 26.2 Å². The van der Waals surface area contributed by atoms with Crippen molar-refractivity contribution in [2.24, 2.45) is 18.7 Å². The molecule has 2 unspecified atom stereocenters. The van der Waals surface area contributed by atoms with E-state index >= 15 is 0 Å². The molecule has 2 atom stereocenters. The first kappa shape index (κ1) is 17.5. The molecule has 0 radical (unpaired) electrons. The normalized spacial score (nSPS) is 25.8. The zero-order chi connectivity index (χ0) is 18.3. The van der Waals surface area contributed by atoms with Crippen molar-refractivity contribution in [1.29, 1.82) is 0 Å². The van der Waals surface area contributed by atoms with Gasteiger partial charge >= 0.3 is 0 Å². The summed E-state index contributed by atoms with van der Waals surface area (Å²) in [6.45, 7) is 2.56. The second-order valence-corrected chi connectivity index (χ2v) is 7.89. The van der Waals surface area contributed by atoms with Gasteiger partial charge in [0.15, 0.2) is 0 Å². The number of likely N-dealkylation sites (tertiary alicyclic amines) is 2. The van der Waals surface area contributed by atoms with Crippen LogP contribution < -0.4 is 5.73 Å². The number of rotatable bonds is 3. The summed E-state index contributed by atoms with van der Waals surface area (Å²) in [5.41, 5.74) is 8.75. The third-order valence-electron chi connectivity index (χ3n) is 6.32. The summed E-state index contributed by atoms with van der Waals surface area (Å²) in [5, 5.41) is 4.60. The summed E-state index contributed by atoms with van der Waals surface area (Å²) >= 11 is 0. The Kier molecular flexibility index (Phi) is 4.73. The molecule has 7 heteroatoms. The number of aryl methyl sites for hydroxylation is 2. The lowest BCUT2D eigenvalue weighted by Crippen LogP contribution is -2.57. The Morgan fingerprint density at radius 2 is 2.04 bits per heavy atom. The molecule has 142 valence electrons. The number of carbonyl (C=O) groups is 2. The Morgan fingerprint density at radius 3 is 2.85 bits per heavy atom. The maximum atomic E-state index is 13.3. The van der Waals surface area contributed by atoms with E-state index in [4.69, 9.17) is 5.73 Å². The number of piperidine rings is 2. The predicted octanol–water partition coefficient (Wildman–Crippen LogP) is 0.711. The van der Waals surface area contributed by atoms with Crippen molar-refractivity contribution in [3.05, 3.63) is 17.0 Å². The van der Waals surface area contributed by atoms with Crippen LogP contribution in [0.4, 0.5) is 0 Å². The van der Waals surface area contributed by atoms with Crippen LogP contribution in [0.5, 0.6) is 0 Å². The smallest absolute Gasteiger partial charge is 0.272 e. The van der Waals surface area contributed by atoms with E-state index in [0.29, 0.717) is 32.0 Å². The van der Waals surface area contributed by atoms with Crippen molar-refractivity contribution in [3.63, 3.8) is 0 Å². The minimum absolute atomic E-state index is 0.115. The SMILES string of the molecule is Cn1nc2c(c1C(=O)N1CCC3C(CCC(=O)N3CCN)C1)CCCC2. The van der Waals surface area contributed by atoms with Crippen LogP contribution in [0.2, 0.25) is 0 Å². The van der Waals surface area contributed by atoms with Crippen molar-refractivity contribution < 1.29 is 9.59 Å². The maximum absolute atomic E-state index is 13.3. The Bertz CT molecular complexity index is 713. The maximum Gasteiger partial charge on any atom is 0.272 e. The van der Waals surface area contributed by atoms with Crippen LogP contribution in [-0.2, 0) is 24.7 Å². The van der Waals surface area contributed by atoms with Crippen LogP contribution >= 0.6 is 0 Å². The van der Waals surface area contributed by atoms with Crippen molar-refractivity contribution in [3.8, 4) is 0 Å². The number of hydrogen-bond donors (Lipinski definition) is 1. The molecule has 3 aliphatic rings. The lowest BCUT2D eigenvalue weighted by Gasteiger charge is -2.47. The average Bonchev–Trinajstić information content (AvgIpc) is 2.99. The topological polar surface area (TPSA) is 84.5 Å². The van der Waals surface area contributed by atoms with Crippen LogP contribution in [0.3, 0.4) is 0 Å². The molecule has 1 aromatic heterocycles. The second kappa shape index (κ2) is 7.02. The number of amides is 2. The van der Waals surface area contributed by atoms with Gasteiger partial charge < -0.3 is 15.5 Å². The molecule has 7 nitrogen and oxygen atoms in total. The summed E-state index contributed by atoms with van der Waals surface area (Å²) in [6.07, 6.45) is 6.54. The Balaban J connectivity index is 1.52. The van der Waals surface area contributed by atoms with Gasteiger partial charge in [0.25, 0.3) is 5.91 Å². The predicted molar refractivity (Wildman–Crippen MR) is 97.6 cm³/mol. The fourth-order valence-electron chi connectivity index (χ4n) is 5.06. The van der Waals surface area contributed by atoms with Crippen LogP contribution in [0.15, 0.2) is 0 Å². The number of carbonyl (C=O) groups excluding carboxylic acids is 2. The summed E-state index contributed by atoms with van der Waals surface area (Å²) in [7, 11) is 1.89. The molecule has 0 spiro atoms. The minimum atomic E-state index is 0.115. The molecule has 0 bridgehead atoms. The average molecular weight is 359 g/mol. The number of hydrogen-bond acceptors (Lipinski definition) is 4. The first-order valence-corrected chi connectivity index (χ1v) is 9.93. The zero-order valence-corrected chi connectivity index (χ0v) is 15.6.